The highest BCUT2D eigenvalue weighted by Gasteiger charge is 2.37. The summed E-state index contributed by atoms with van der Waals surface area (Å²) < 4.78 is 0. The van der Waals surface area contributed by atoms with Gasteiger partial charge in [-0.15, -0.1) is 0 Å². The van der Waals surface area contributed by atoms with Crippen molar-refractivity contribution in [1.29, 1.82) is 0 Å². The van der Waals surface area contributed by atoms with Crippen molar-refractivity contribution >= 4 is 0 Å². The van der Waals surface area contributed by atoms with Gasteiger partial charge in [-0.2, -0.15) is 0 Å². The lowest BCUT2D eigenvalue weighted by Gasteiger charge is -2.29. The van der Waals surface area contributed by atoms with Gasteiger partial charge in [-0.3, -0.25) is 4.90 Å². The summed E-state index contributed by atoms with van der Waals surface area (Å²) in [7, 11) is 0. The predicted octanol–water partition coefficient (Wildman–Crippen LogP) is 2.48. The number of fused-ring (bicyclic) bond motifs is 2. The van der Waals surface area contributed by atoms with E-state index in [0.717, 1.165) is 18.5 Å². The Morgan fingerprint density at radius 3 is 2.65 bits per heavy atom. The molecule has 2 heteroatoms. The summed E-state index contributed by atoms with van der Waals surface area (Å²) in [4.78, 5) is 2.61. The Kier molecular flexibility index (Phi) is 2.93. The molecular weight excluding hydrogens is 208 g/mol. The molecule has 1 heterocycles. The van der Waals surface area contributed by atoms with Gasteiger partial charge in [-0.05, 0) is 37.7 Å². The summed E-state index contributed by atoms with van der Waals surface area (Å²) in [6.07, 6.45) is 4.26. The zero-order valence-electron chi connectivity index (χ0n) is 10.6. The van der Waals surface area contributed by atoms with Crippen molar-refractivity contribution in [2.45, 2.75) is 38.3 Å². The van der Waals surface area contributed by atoms with Crippen LogP contribution in [-0.4, -0.2) is 24.0 Å². The average Bonchev–Trinajstić information content (AvgIpc) is 2.91. The first-order chi connectivity index (χ1) is 8.22. The van der Waals surface area contributed by atoms with Gasteiger partial charge in [0.1, 0.15) is 0 Å². The van der Waals surface area contributed by atoms with Crippen LogP contribution in [0.1, 0.15) is 36.4 Å². The number of hydrogen-bond acceptors (Lipinski definition) is 2. The molecule has 1 aromatic carbocycles. The molecule has 2 N–H and O–H groups in total. The molecule has 3 rings (SSSR count). The first-order valence-electron chi connectivity index (χ1n) is 6.78. The number of nitrogens with two attached hydrogens (primary N) is 1. The van der Waals surface area contributed by atoms with Crippen LogP contribution in [0.2, 0.25) is 0 Å². The summed E-state index contributed by atoms with van der Waals surface area (Å²) in [6, 6.07) is 9.67. The molecule has 17 heavy (non-hydrogen) atoms. The number of nitrogens with zero attached hydrogens (tertiary/aromatic N) is 1. The van der Waals surface area contributed by atoms with Crippen LogP contribution in [0.25, 0.3) is 0 Å². The maximum absolute atomic E-state index is 6.31. The van der Waals surface area contributed by atoms with E-state index in [9.17, 15) is 0 Å². The molecule has 1 aliphatic heterocycles. The van der Waals surface area contributed by atoms with Crippen molar-refractivity contribution in [1.82, 2.24) is 4.90 Å². The van der Waals surface area contributed by atoms with Gasteiger partial charge < -0.3 is 5.73 Å². The Labute approximate surface area is 104 Å². The monoisotopic (exact) mass is 230 g/mol. The second-order valence-corrected chi connectivity index (χ2v) is 5.80. The lowest BCUT2D eigenvalue weighted by atomic mass is 10.0. The normalized spacial score (nSPS) is 29.8. The Hall–Kier alpha value is -0.860. The van der Waals surface area contributed by atoms with Crippen molar-refractivity contribution in [3.8, 4) is 0 Å². The van der Waals surface area contributed by atoms with E-state index in [1.54, 1.807) is 0 Å². The molecule has 1 saturated carbocycles. The Bertz CT molecular complexity index is 384. The molecule has 1 aliphatic carbocycles. The van der Waals surface area contributed by atoms with Crippen LogP contribution < -0.4 is 5.73 Å². The van der Waals surface area contributed by atoms with Crippen LogP contribution in [0.5, 0.6) is 0 Å². The van der Waals surface area contributed by atoms with Crippen molar-refractivity contribution < 1.29 is 0 Å². The van der Waals surface area contributed by atoms with Gasteiger partial charge in [0.25, 0.3) is 0 Å². The Balaban J connectivity index is 1.63. The standard InChI is InChI=1S/C15H22N2/c1-11-2-5-13(6-3-11)15(16)10-17-9-12-4-7-14(17)8-12/h2-3,5-6,12,14-15H,4,7-10,16H2,1H3. The van der Waals surface area contributed by atoms with E-state index in [1.165, 1.54) is 36.9 Å². The lowest BCUT2D eigenvalue weighted by Crippen LogP contribution is -2.37. The molecule has 2 aliphatic rings. The molecule has 2 nitrogen and oxygen atoms in total. The topological polar surface area (TPSA) is 29.3 Å². The van der Waals surface area contributed by atoms with Crippen LogP contribution >= 0.6 is 0 Å². The quantitative estimate of drug-likeness (QED) is 0.864. The van der Waals surface area contributed by atoms with Crippen LogP contribution in [0, 0.1) is 12.8 Å². The number of benzene rings is 1. The Morgan fingerprint density at radius 1 is 1.29 bits per heavy atom. The molecule has 0 amide bonds. The summed E-state index contributed by atoms with van der Waals surface area (Å²) in [5.74, 6) is 0.963. The highest BCUT2D eigenvalue weighted by molar-refractivity contribution is 5.24. The second kappa shape index (κ2) is 4.43. The fourth-order valence-corrected chi connectivity index (χ4v) is 3.42. The summed E-state index contributed by atoms with van der Waals surface area (Å²) in [6.45, 7) is 4.43. The first kappa shape index (κ1) is 11.2. The molecule has 3 atom stereocenters. The predicted molar refractivity (Wildman–Crippen MR) is 70.8 cm³/mol. The fraction of sp³-hybridized carbons (Fsp3) is 0.600. The van der Waals surface area contributed by atoms with Crippen LogP contribution in [0.3, 0.4) is 0 Å². The van der Waals surface area contributed by atoms with E-state index in [1.807, 2.05) is 0 Å². The third-order valence-electron chi connectivity index (χ3n) is 4.46. The molecule has 0 radical (unpaired) electrons. The number of rotatable bonds is 3. The zero-order chi connectivity index (χ0) is 11.8. The minimum Gasteiger partial charge on any atom is -0.323 e. The van der Waals surface area contributed by atoms with Gasteiger partial charge in [-0.1, -0.05) is 29.8 Å². The average molecular weight is 230 g/mol. The number of likely N-dealkylation sites (tertiary alicyclic amines) is 1. The zero-order valence-corrected chi connectivity index (χ0v) is 10.6. The Morgan fingerprint density at radius 2 is 2.06 bits per heavy atom. The highest BCUT2D eigenvalue weighted by Crippen LogP contribution is 2.37. The molecule has 1 aromatic rings. The van der Waals surface area contributed by atoms with Crippen LogP contribution in [-0.2, 0) is 0 Å². The van der Waals surface area contributed by atoms with Gasteiger partial charge in [0.05, 0.1) is 0 Å². The van der Waals surface area contributed by atoms with Crippen LogP contribution in [0.4, 0.5) is 0 Å². The van der Waals surface area contributed by atoms with Crippen molar-refractivity contribution in [2.75, 3.05) is 13.1 Å². The highest BCUT2D eigenvalue weighted by atomic mass is 15.2. The van der Waals surface area contributed by atoms with E-state index in [4.69, 9.17) is 5.73 Å². The van der Waals surface area contributed by atoms with E-state index in [-0.39, 0.29) is 6.04 Å². The van der Waals surface area contributed by atoms with Gasteiger partial charge in [-0.25, -0.2) is 0 Å². The molecule has 1 saturated heterocycles. The third-order valence-corrected chi connectivity index (χ3v) is 4.46. The summed E-state index contributed by atoms with van der Waals surface area (Å²) in [5, 5.41) is 0. The van der Waals surface area contributed by atoms with Gasteiger partial charge >= 0.3 is 0 Å². The summed E-state index contributed by atoms with van der Waals surface area (Å²) >= 11 is 0. The minimum atomic E-state index is 0.176. The maximum Gasteiger partial charge on any atom is 0.0424 e. The number of piperidine rings is 1. The van der Waals surface area contributed by atoms with E-state index in [0.29, 0.717) is 0 Å². The fourth-order valence-electron chi connectivity index (χ4n) is 3.42. The molecule has 2 fully saturated rings. The maximum atomic E-state index is 6.31. The van der Waals surface area contributed by atoms with E-state index in [2.05, 4.69) is 36.1 Å². The van der Waals surface area contributed by atoms with Gasteiger partial charge in [0.2, 0.25) is 0 Å². The number of hydrogen-bond donors (Lipinski definition) is 1. The lowest BCUT2D eigenvalue weighted by molar-refractivity contribution is 0.202. The van der Waals surface area contributed by atoms with Crippen molar-refractivity contribution in [3.05, 3.63) is 35.4 Å². The van der Waals surface area contributed by atoms with E-state index < -0.39 is 0 Å². The molecular formula is C15H22N2. The largest absolute Gasteiger partial charge is 0.323 e. The van der Waals surface area contributed by atoms with Gasteiger partial charge in [0, 0.05) is 25.2 Å². The molecule has 0 aromatic heterocycles. The minimum absolute atomic E-state index is 0.176. The van der Waals surface area contributed by atoms with Gasteiger partial charge in [0.15, 0.2) is 0 Å². The van der Waals surface area contributed by atoms with Crippen LogP contribution in [0.15, 0.2) is 24.3 Å². The molecule has 2 bridgehead atoms. The number of aryl methyl sites for hydroxylation is 1. The van der Waals surface area contributed by atoms with Crippen molar-refractivity contribution in [3.63, 3.8) is 0 Å². The SMILES string of the molecule is Cc1ccc(C(N)CN2CC3CCC2C3)cc1. The first-order valence-corrected chi connectivity index (χ1v) is 6.78. The van der Waals surface area contributed by atoms with Crippen molar-refractivity contribution in [2.24, 2.45) is 11.7 Å². The summed E-state index contributed by atoms with van der Waals surface area (Å²) in [5.41, 5.74) is 8.90. The smallest absolute Gasteiger partial charge is 0.0424 e. The third kappa shape index (κ3) is 2.24. The molecule has 0 spiro atoms. The molecule has 92 valence electrons. The second-order valence-electron chi connectivity index (χ2n) is 5.80. The molecule has 3 unspecified atom stereocenters. The van der Waals surface area contributed by atoms with E-state index >= 15 is 0 Å².